The Labute approximate surface area is 237 Å². The van der Waals surface area contributed by atoms with Crippen LogP contribution in [0.1, 0.15) is 31.8 Å². The summed E-state index contributed by atoms with van der Waals surface area (Å²) < 4.78 is 76.5. The Balaban J connectivity index is 2.18. The van der Waals surface area contributed by atoms with Crippen LogP contribution in [0.2, 0.25) is 5.02 Å². The molecule has 220 valence electrons. The number of methoxy groups -OCH3 is 3. The third-order valence-corrected chi connectivity index (χ3v) is 5.94. The van der Waals surface area contributed by atoms with Crippen LogP contribution in [0.5, 0.6) is 11.6 Å². The minimum absolute atomic E-state index is 0.0477. The van der Waals surface area contributed by atoms with Gasteiger partial charge in [-0.25, -0.2) is 14.2 Å². The highest BCUT2D eigenvalue weighted by Gasteiger charge is 2.36. The zero-order valence-corrected chi connectivity index (χ0v) is 22.8. The number of hydrogen-bond acceptors (Lipinski definition) is 8. The number of rotatable bonds is 11. The average Bonchev–Trinajstić information content (AvgIpc) is 2.93. The quantitative estimate of drug-likeness (QED) is 0.234. The average molecular weight is 601 g/mol. The number of aromatic nitrogens is 1. The third kappa shape index (κ3) is 7.50. The van der Waals surface area contributed by atoms with Gasteiger partial charge in [0.1, 0.15) is 17.1 Å². The van der Waals surface area contributed by atoms with Gasteiger partial charge in [-0.05, 0) is 48.0 Å². The molecule has 41 heavy (non-hydrogen) atoms. The van der Waals surface area contributed by atoms with Crippen molar-refractivity contribution in [3.05, 3.63) is 81.8 Å². The van der Waals surface area contributed by atoms with Gasteiger partial charge in [0.05, 0.1) is 49.8 Å². The minimum Gasteiger partial charge on any atom is -0.465 e. The summed E-state index contributed by atoms with van der Waals surface area (Å²) in [4.78, 5) is 31.3. The van der Waals surface area contributed by atoms with E-state index >= 15 is 0 Å². The number of esters is 1. The van der Waals surface area contributed by atoms with E-state index in [-0.39, 0.29) is 46.4 Å². The van der Waals surface area contributed by atoms with Crippen LogP contribution < -0.4 is 9.64 Å². The summed E-state index contributed by atoms with van der Waals surface area (Å²) in [6, 6.07) is 6.67. The number of nitrogens with zero attached hydrogens (tertiary/aromatic N) is 2. The Kier molecular flexibility index (Phi) is 10.6. The zero-order chi connectivity index (χ0) is 30.3. The maximum Gasteiger partial charge on any atom is 0.421 e. The molecule has 9 nitrogen and oxygen atoms in total. The molecule has 0 bridgehead atoms. The van der Waals surface area contributed by atoms with Gasteiger partial charge < -0.3 is 24.1 Å². The van der Waals surface area contributed by atoms with Gasteiger partial charge in [-0.2, -0.15) is 13.2 Å². The molecule has 0 saturated heterocycles. The number of carbonyl (C=O) groups excluding carboxylic acids is 2. The molecule has 1 amide bonds. The van der Waals surface area contributed by atoms with Crippen LogP contribution in [0, 0.1) is 5.82 Å². The van der Waals surface area contributed by atoms with E-state index in [1.807, 2.05) is 0 Å². The SMILES string of the molecule is COCC(COC)N(C(=O)c1ccc(Cl)cc1F)c1ccc(Oc2ncc(CO)cc2C(F)(F)F)cc1C(=O)OC. The first-order chi connectivity index (χ1) is 19.4. The number of hydrogen-bond donors (Lipinski definition) is 1. The first kappa shape index (κ1) is 31.7. The first-order valence-electron chi connectivity index (χ1n) is 11.8. The fraction of sp³-hybridized carbons (Fsp3) is 0.296. The molecule has 0 fully saturated rings. The smallest absolute Gasteiger partial charge is 0.421 e. The summed E-state index contributed by atoms with van der Waals surface area (Å²) in [5.41, 5.74) is -2.14. The molecule has 0 saturated carbocycles. The van der Waals surface area contributed by atoms with Gasteiger partial charge in [-0.3, -0.25) is 9.69 Å². The molecule has 0 atom stereocenters. The Hall–Kier alpha value is -3.78. The predicted molar refractivity (Wildman–Crippen MR) is 139 cm³/mol. The van der Waals surface area contributed by atoms with Crippen LogP contribution in [-0.4, -0.2) is 62.6 Å². The number of anilines is 1. The zero-order valence-electron chi connectivity index (χ0n) is 22.0. The number of benzene rings is 2. The Morgan fingerprint density at radius 1 is 1.02 bits per heavy atom. The van der Waals surface area contributed by atoms with Crippen LogP contribution in [0.4, 0.5) is 23.2 Å². The highest BCUT2D eigenvalue weighted by atomic mass is 35.5. The van der Waals surface area contributed by atoms with Crippen molar-refractivity contribution >= 4 is 29.2 Å². The van der Waals surface area contributed by atoms with E-state index in [1.165, 1.54) is 38.5 Å². The van der Waals surface area contributed by atoms with Crippen molar-refractivity contribution in [2.45, 2.75) is 18.8 Å². The van der Waals surface area contributed by atoms with E-state index in [0.29, 0.717) is 6.07 Å². The van der Waals surface area contributed by atoms with E-state index in [4.69, 9.17) is 30.5 Å². The Morgan fingerprint density at radius 3 is 2.27 bits per heavy atom. The summed E-state index contributed by atoms with van der Waals surface area (Å²) in [5, 5.41) is 9.26. The topological polar surface area (TPSA) is 107 Å². The lowest BCUT2D eigenvalue weighted by atomic mass is 10.1. The molecule has 1 heterocycles. The second-order valence-electron chi connectivity index (χ2n) is 8.49. The Bertz CT molecular complexity index is 1400. The van der Waals surface area contributed by atoms with E-state index in [9.17, 15) is 32.3 Å². The molecule has 2 aromatic carbocycles. The van der Waals surface area contributed by atoms with E-state index < -0.39 is 48.0 Å². The van der Waals surface area contributed by atoms with Crippen molar-refractivity contribution in [1.82, 2.24) is 4.98 Å². The van der Waals surface area contributed by atoms with Crippen molar-refractivity contribution in [2.75, 3.05) is 39.4 Å². The number of pyridine rings is 1. The van der Waals surface area contributed by atoms with Gasteiger partial charge in [0.2, 0.25) is 5.88 Å². The molecule has 1 aromatic heterocycles. The number of halogens is 5. The number of aliphatic hydroxyl groups is 1. The molecule has 0 aliphatic carbocycles. The van der Waals surface area contributed by atoms with Gasteiger partial charge >= 0.3 is 12.1 Å². The maximum atomic E-state index is 14.8. The van der Waals surface area contributed by atoms with Crippen LogP contribution in [0.25, 0.3) is 0 Å². The van der Waals surface area contributed by atoms with Crippen LogP contribution in [0.3, 0.4) is 0 Å². The molecule has 1 N–H and O–H groups in total. The second kappa shape index (κ2) is 13.7. The summed E-state index contributed by atoms with van der Waals surface area (Å²) >= 11 is 5.84. The lowest BCUT2D eigenvalue weighted by Crippen LogP contribution is -2.46. The van der Waals surface area contributed by atoms with Crippen molar-refractivity contribution in [3.8, 4) is 11.6 Å². The fourth-order valence-corrected chi connectivity index (χ4v) is 4.05. The summed E-state index contributed by atoms with van der Waals surface area (Å²) in [6.45, 7) is -0.896. The molecule has 0 radical (unpaired) electrons. The number of alkyl halides is 3. The molecule has 3 rings (SSSR count). The summed E-state index contributed by atoms with van der Waals surface area (Å²) in [5.74, 6) is -3.90. The largest absolute Gasteiger partial charge is 0.465 e. The number of amides is 1. The van der Waals surface area contributed by atoms with Gasteiger partial charge in [0.15, 0.2) is 0 Å². The number of aliphatic hydroxyl groups excluding tert-OH is 1. The molecular formula is C27H25ClF4N2O7. The van der Waals surface area contributed by atoms with Crippen LogP contribution in [0.15, 0.2) is 48.7 Å². The van der Waals surface area contributed by atoms with Crippen molar-refractivity contribution in [3.63, 3.8) is 0 Å². The molecule has 0 aliphatic rings. The van der Waals surface area contributed by atoms with Crippen LogP contribution in [-0.2, 0) is 27.0 Å². The molecule has 3 aromatic rings. The van der Waals surface area contributed by atoms with Crippen molar-refractivity contribution < 1.29 is 51.2 Å². The predicted octanol–water partition coefficient (Wildman–Crippen LogP) is 5.27. The standard InChI is InChI=1S/C27H25ClF4N2O7/c1-38-13-17(14-39-2)34(25(36)19-6-4-16(28)9-22(19)29)23-7-5-18(10-20(23)26(37)40-3)41-24-21(27(30,31)32)8-15(12-35)11-33-24/h4-11,17,35H,12-14H2,1-3H3. The summed E-state index contributed by atoms with van der Waals surface area (Å²) in [6.07, 6.45) is -3.88. The number of ether oxygens (including phenoxy) is 4. The number of carbonyl (C=O) groups is 2. The van der Waals surface area contributed by atoms with Gasteiger partial charge in [0.25, 0.3) is 5.91 Å². The monoisotopic (exact) mass is 600 g/mol. The first-order valence-corrected chi connectivity index (χ1v) is 12.2. The lowest BCUT2D eigenvalue weighted by Gasteiger charge is -2.32. The fourth-order valence-electron chi connectivity index (χ4n) is 3.89. The van der Waals surface area contributed by atoms with Gasteiger partial charge in [0, 0.05) is 25.4 Å². The van der Waals surface area contributed by atoms with Crippen molar-refractivity contribution in [1.29, 1.82) is 0 Å². The Morgan fingerprint density at radius 2 is 1.71 bits per heavy atom. The highest BCUT2D eigenvalue weighted by molar-refractivity contribution is 6.30. The van der Waals surface area contributed by atoms with E-state index in [0.717, 1.165) is 30.3 Å². The van der Waals surface area contributed by atoms with Gasteiger partial charge in [-0.15, -0.1) is 0 Å². The lowest BCUT2D eigenvalue weighted by molar-refractivity contribution is -0.139. The van der Waals surface area contributed by atoms with Gasteiger partial charge in [-0.1, -0.05) is 11.6 Å². The maximum absolute atomic E-state index is 14.8. The minimum atomic E-state index is -4.88. The third-order valence-electron chi connectivity index (χ3n) is 5.71. The second-order valence-corrected chi connectivity index (χ2v) is 8.93. The molecule has 0 spiro atoms. The summed E-state index contributed by atoms with van der Waals surface area (Å²) in [7, 11) is 3.78. The highest BCUT2D eigenvalue weighted by Crippen LogP contribution is 2.38. The molecule has 0 aliphatic heterocycles. The molecular weight excluding hydrogens is 576 g/mol. The van der Waals surface area contributed by atoms with E-state index in [2.05, 4.69) is 4.98 Å². The van der Waals surface area contributed by atoms with Crippen molar-refractivity contribution in [2.24, 2.45) is 0 Å². The van der Waals surface area contributed by atoms with Crippen LogP contribution >= 0.6 is 11.6 Å². The normalized spacial score (nSPS) is 11.5. The molecule has 0 unspecified atom stereocenters. The molecule has 14 heteroatoms. The van der Waals surface area contributed by atoms with E-state index in [1.54, 1.807) is 0 Å².